The van der Waals surface area contributed by atoms with Gasteiger partial charge in [0.25, 0.3) is 0 Å². The number of hydrogen-bond acceptors (Lipinski definition) is 3. The molecule has 112 valence electrons. The molecular formula is C17H28N2O. The largest absolute Gasteiger partial charge is 0.494 e. The van der Waals surface area contributed by atoms with Crippen LogP contribution in [-0.4, -0.2) is 32.3 Å². The zero-order chi connectivity index (χ0) is 14.6. The van der Waals surface area contributed by atoms with Crippen LogP contribution < -0.4 is 15.0 Å². The Kier molecular flexibility index (Phi) is 4.92. The number of ether oxygens (including phenoxy) is 1. The van der Waals surface area contributed by atoms with Crippen molar-refractivity contribution in [3.05, 3.63) is 24.3 Å². The fraction of sp³-hybridized carbons (Fsp3) is 0.647. The van der Waals surface area contributed by atoms with E-state index >= 15 is 0 Å². The molecule has 0 bridgehead atoms. The summed E-state index contributed by atoms with van der Waals surface area (Å²) in [4.78, 5) is 2.49. The van der Waals surface area contributed by atoms with E-state index in [0.717, 1.165) is 32.0 Å². The van der Waals surface area contributed by atoms with E-state index in [9.17, 15) is 0 Å². The first kappa shape index (κ1) is 15.2. The van der Waals surface area contributed by atoms with Gasteiger partial charge in [0.15, 0.2) is 0 Å². The van der Waals surface area contributed by atoms with Gasteiger partial charge < -0.3 is 15.0 Å². The highest BCUT2D eigenvalue weighted by atomic mass is 16.5. The van der Waals surface area contributed by atoms with Gasteiger partial charge in [-0.1, -0.05) is 20.8 Å². The van der Waals surface area contributed by atoms with Crippen molar-refractivity contribution in [1.82, 2.24) is 5.32 Å². The van der Waals surface area contributed by atoms with Gasteiger partial charge in [-0.15, -0.1) is 0 Å². The highest BCUT2D eigenvalue weighted by Gasteiger charge is 2.28. The molecule has 1 saturated heterocycles. The van der Waals surface area contributed by atoms with Crippen LogP contribution in [0, 0.1) is 5.41 Å². The Labute approximate surface area is 123 Å². The van der Waals surface area contributed by atoms with Crippen molar-refractivity contribution in [2.75, 3.05) is 31.1 Å². The van der Waals surface area contributed by atoms with Crippen molar-refractivity contribution in [3.8, 4) is 5.75 Å². The van der Waals surface area contributed by atoms with Gasteiger partial charge in [-0.05, 0) is 49.6 Å². The van der Waals surface area contributed by atoms with E-state index in [1.807, 2.05) is 6.92 Å². The summed E-state index contributed by atoms with van der Waals surface area (Å²) in [7, 11) is 0. The van der Waals surface area contributed by atoms with E-state index in [0.29, 0.717) is 6.04 Å². The number of rotatable bonds is 3. The van der Waals surface area contributed by atoms with Crippen molar-refractivity contribution in [2.45, 2.75) is 40.2 Å². The highest BCUT2D eigenvalue weighted by molar-refractivity contribution is 5.49. The topological polar surface area (TPSA) is 24.5 Å². The smallest absolute Gasteiger partial charge is 0.119 e. The summed E-state index contributed by atoms with van der Waals surface area (Å²) in [6.45, 7) is 13.0. The average Bonchev–Trinajstić information content (AvgIpc) is 2.65. The molecule has 1 aromatic rings. The number of benzene rings is 1. The molecule has 1 aliphatic rings. The van der Waals surface area contributed by atoms with Crippen LogP contribution in [0.5, 0.6) is 5.75 Å². The van der Waals surface area contributed by atoms with Crippen molar-refractivity contribution < 1.29 is 4.74 Å². The van der Waals surface area contributed by atoms with Crippen LogP contribution in [0.2, 0.25) is 0 Å². The van der Waals surface area contributed by atoms with Crippen LogP contribution in [0.25, 0.3) is 0 Å². The molecule has 1 fully saturated rings. The predicted molar refractivity (Wildman–Crippen MR) is 85.7 cm³/mol. The first-order valence-corrected chi connectivity index (χ1v) is 7.72. The van der Waals surface area contributed by atoms with Gasteiger partial charge in [-0.25, -0.2) is 0 Å². The van der Waals surface area contributed by atoms with Crippen molar-refractivity contribution in [3.63, 3.8) is 0 Å². The van der Waals surface area contributed by atoms with E-state index in [1.54, 1.807) is 0 Å². The highest BCUT2D eigenvalue weighted by Crippen LogP contribution is 2.26. The second kappa shape index (κ2) is 6.49. The first-order valence-electron chi connectivity index (χ1n) is 7.72. The average molecular weight is 276 g/mol. The lowest BCUT2D eigenvalue weighted by Crippen LogP contribution is -2.46. The van der Waals surface area contributed by atoms with Gasteiger partial charge in [0.05, 0.1) is 6.61 Å². The minimum absolute atomic E-state index is 0.286. The Morgan fingerprint density at radius 3 is 2.55 bits per heavy atom. The van der Waals surface area contributed by atoms with Crippen LogP contribution in [0.4, 0.5) is 5.69 Å². The maximum atomic E-state index is 5.52. The van der Waals surface area contributed by atoms with E-state index in [4.69, 9.17) is 4.74 Å². The van der Waals surface area contributed by atoms with E-state index in [-0.39, 0.29) is 5.41 Å². The lowest BCUT2D eigenvalue weighted by molar-refractivity contribution is 0.280. The molecular weight excluding hydrogens is 248 g/mol. The predicted octanol–water partition coefficient (Wildman–Crippen LogP) is 3.30. The van der Waals surface area contributed by atoms with Gasteiger partial charge in [-0.2, -0.15) is 0 Å². The van der Waals surface area contributed by atoms with Crippen LogP contribution in [0.3, 0.4) is 0 Å². The molecule has 2 rings (SSSR count). The van der Waals surface area contributed by atoms with Crippen LogP contribution >= 0.6 is 0 Å². The Hall–Kier alpha value is -1.22. The van der Waals surface area contributed by atoms with Gasteiger partial charge in [0.1, 0.15) is 5.75 Å². The van der Waals surface area contributed by atoms with Gasteiger partial charge >= 0.3 is 0 Å². The van der Waals surface area contributed by atoms with E-state index in [2.05, 4.69) is 55.3 Å². The summed E-state index contributed by atoms with van der Waals surface area (Å²) < 4.78 is 5.52. The molecule has 3 heteroatoms. The monoisotopic (exact) mass is 276 g/mol. The molecule has 0 amide bonds. The van der Waals surface area contributed by atoms with Crippen molar-refractivity contribution >= 4 is 5.69 Å². The Balaban J connectivity index is 2.09. The summed E-state index contributed by atoms with van der Waals surface area (Å²) in [6.07, 6.45) is 1.19. The molecule has 1 unspecified atom stereocenters. The molecule has 3 nitrogen and oxygen atoms in total. The van der Waals surface area contributed by atoms with Crippen molar-refractivity contribution in [1.29, 1.82) is 0 Å². The molecule has 0 saturated carbocycles. The number of hydrogen-bond donors (Lipinski definition) is 1. The number of anilines is 1. The third-order valence-electron chi connectivity index (χ3n) is 3.96. The molecule has 0 spiro atoms. The second-order valence-corrected chi connectivity index (χ2v) is 6.60. The second-order valence-electron chi connectivity index (χ2n) is 6.60. The molecule has 1 aromatic carbocycles. The quantitative estimate of drug-likeness (QED) is 0.916. The Morgan fingerprint density at radius 2 is 1.95 bits per heavy atom. The Bertz CT molecular complexity index is 408. The van der Waals surface area contributed by atoms with Gasteiger partial charge in [-0.3, -0.25) is 0 Å². The maximum Gasteiger partial charge on any atom is 0.119 e. The first-order chi connectivity index (χ1) is 9.50. The minimum atomic E-state index is 0.286. The fourth-order valence-electron chi connectivity index (χ4n) is 2.66. The van der Waals surface area contributed by atoms with E-state index < -0.39 is 0 Å². The standard InChI is InChI=1S/C17H28N2O/c1-5-20-15-9-7-14(8-10-15)19-12-6-11-18-16(13-19)17(2,3)4/h7-10,16,18H,5-6,11-13H2,1-4H3. The molecule has 1 atom stereocenters. The number of nitrogens with zero attached hydrogens (tertiary/aromatic N) is 1. The van der Waals surface area contributed by atoms with Gasteiger partial charge in [0, 0.05) is 24.8 Å². The SMILES string of the molecule is CCOc1ccc(N2CCCNC(C(C)(C)C)C2)cc1. The lowest BCUT2D eigenvalue weighted by Gasteiger charge is -2.34. The van der Waals surface area contributed by atoms with Crippen LogP contribution in [0.1, 0.15) is 34.1 Å². The molecule has 1 heterocycles. The molecule has 0 aromatic heterocycles. The zero-order valence-electron chi connectivity index (χ0n) is 13.3. The summed E-state index contributed by atoms with van der Waals surface area (Å²) in [5, 5.41) is 3.69. The normalized spacial score (nSPS) is 20.6. The third kappa shape index (κ3) is 3.89. The summed E-state index contributed by atoms with van der Waals surface area (Å²) in [5.74, 6) is 0.955. The summed E-state index contributed by atoms with van der Waals surface area (Å²) in [5.41, 5.74) is 1.58. The van der Waals surface area contributed by atoms with Crippen LogP contribution in [-0.2, 0) is 0 Å². The van der Waals surface area contributed by atoms with Crippen molar-refractivity contribution in [2.24, 2.45) is 5.41 Å². The molecule has 1 aliphatic heterocycles. The summed E-state index contributed by atoms with van der Waals surface area (Å²) in [6, 6.07) is 9.02. The number of nitrogens with one attached hydrogen (secondary N) is 1. The van der Waals surface area contributed by atoms with Gasteiger partial charge in [0.2, 0.25) is 0 Å². The lowest BCUT2D eigenvalue weighted by atomic mass is 9.86. The van der Waals surface area contributed by atoms with E-state index in [1.165, 1.54) is 12.1 Å². The molecule has 1 N–H and O–H groups in total. The molecule has 0 radical (unpaired) electrons. The third-order valence-corrected chi connectivity index (χ3v) is 3.96. The molecule has 20 heavy (non-hydrogen) atoms. The minimum Gasteiger partial charge on any atom is -0.494 e. The van der Waals surface area contributed by atoms with Crippen LogP contribution in [0.15, 0.2) is 24.3 Å². The molecule has 0 aliphatic carbocycles. The summed E-state index contributed by atoms with van der Waals surface area (Å²) >= 11 is 0. The Morgan fingerprint density at radius 1 is 1.25 bits per heavy atom. The maximum absolute atomic E-state index is 5.52. The zero-order valence-corrected chi connectivity index (χ0v) is 13.3. The fourth-order valence-corrected chi connectivity index (χ4v) is 2.66.